The third-order valence-electron chi connectivity index (χ3n) is 3.16. The highest BCUT2D eigenvalue weighted by Crippen LogP contribution is 2.38. The zero-order valence-corrected chi connectivity index (χ0v) is 9.80. The summed E-state index contributed by atoms with van der Waals surface area (Å²) in [5.74, 6) is 1.58. The minimum atomic E-state index is 0. The van der Waals surface area contributed by atoms with Crippen LogP contribution in [0, 0.1) is 5.92 Å². The maximum Gasteiger partial charge on any atom is 0.123 e. The van der Waals surface area contributed by atoms with Crippen molar-refractivity contribution >= 4 is 12.4 Å². The van der Waals surface area contributed by atoms with E-state index in [4.69, 9.17) is 10.5 Å². The first-order valence-electron chi connectivity index (χ1n) is 5.21. The van der Waals surface area contributed by atoms with E-state index in [2.05, 4.69) is 6.07 Å². The molecule has 0 amide bonds. The Hall–Kier alpha value is -0.730. The lowest BCUT2D eigenvalue weighted by atomic mass is 9.77. The van der Waals surface area contributed by atoms with E-state index in [-0.39, 0.29) is 18.4 Å². The van der Waals surface area contributed by atoms with Crippen LogP contribution < -0.4 is 10.5 Å². The van der Waals surface area contributed by atoms with Crippen LogP contribution in [0.3, 0.4) is 0 Å². The average molecular weight is 228 g/mol. The Morgan fingerprint density at radius 1 is 1.33 bits per heavy atom. The van der Waals surface area contributed by atoms with Crippen LogP contribution in [-0.4, -0.2) is 7.11 Å². The number of para-hydroxylation sites is 1. The largest absolute Gasteiger partial charge is 0.496 e. The highest BCUT2D eigenvalue weighted by molar-refractivity contribution is 5.85. The maximum atomic E-state index is 6.20. The van der Waals surface area contributed by atoms with Gasteiger partial charge in [0.15, 0.2) is 0 Å². The van der Waals surface area contributed by atoms with Gasteiger partial charge in [0.05, 0.1) is 7.11 Å². The third-order valence-corrected chi connectivity index (χ3v) is 3.16. The number of rotatable bonds is 3. The third kappa shape index (κ3) is 2.44. The number of benzene rings is 1. The first-order chi connectivity index (χ1) is 6.83. The maximum absolute atomic E-state index is 6.20. The lowest BCUT2D eigenvalue weighted by Crippen LogP contribution is -2.27. The topological polar surface area (TPSA) is 35.2 Å². The van der Waals surface area contributed by atoms with Crippen molar-refractivity contribution in [3.8, 4) is 5.75 Å². The molecule has 0 radical (unpaired) electrons. The van der Waals surface area contributed by atoms with Gasteiger partial charge in [0, 0.05) is 11.6 Å². The van der Waals surface area contributed by atoms with Crippen LogP contribution in [0.15, 0.2) is 24.3 Å². The molecule has 15 heavy (non-hydrogen) atoms. The van der Waals surface area contributed by atoms with Crippen molar-refractivity contribution in [3.63, 3.8) is 0 Å². The Balaban J connectivity index is 0.00000112. The van der Waals surface area contributed by atoms with Crippen LogP contribution >= 0.6 is 12.4 Å². The molecular weight excluding hydrogens is 210 g/mol. The van der Waals surface area contributed by atoms with Crippen LogP contribution in [0.25, 0.3) is 0 Å². The van der Waals surface area contributed by atoms with Crippen molar-refractivity contribution in [2.24, 2.45) is 11.7 Å². The first-order valence-corrected chi connectivity index (χ1v) is 5.21. The number of hydrogen-bond donors (Lipinski definition) is 1. The molecule has 3 heteroatoms. The summed E-state index contributed by atoms with van der Waals surface area (Å²) in [4.78, 5) is 0. The summed E-state index contributed by atoms with van der Waals surface area (Å²) in [6, 6.07) is 8.21. The molecule has 84 valence electrons. The van der Waals surface area contributed by atoms with E-state index in [0.29, 0.717) is 5.92 Å². The molecule has 0 aliphatic heterocycles. The Morgan fingerprint density at radius 2 is 2.00 bits per heavy atom. The summed E-state index contributed by atoms with van der Waals surface area (Å²) < 4.78 is 5.31. The summed E-state index contributed by atoms with van der Waals surface area (Å²) in [6.07, 6.45) is 3.85. The smallest absolute Gasteiger partial charge is 0.123 e. The van der Waals surface area contributed by atoms with Crippen molar-refractivity contribution < 1.29 is 4.74 Å². The fraction of sp³-hybridized carbons (Fsp3) is 0.500. The van der Waals surface area contributed by atoms with Gasteiger partial charge < -0.3 is 10.5 Å². The van der Waals surface area contributed by atoms with Crippen molar-refractivity contribution in [1.29, 1.82) is 0 Å². The molecule has 2 N–H and O–H groups in total. The van der Waals surface area contributed by atoms with Gasteiger partial charge in [-0.1, -0.05) is 24.6 Å². The molecule has 1 saturated carbocycles. The van der Waals surface area contributed by atoms with E-state index in [1.165, 1.54) is 19.3 Å². The van der Waals surface area contributed by atoms with Crippen LogP contribution in [0.5, 0.6) is 5.75 Å². The summed E-state index contributed by atoms with van der Waals surface area (Å²) in [5.41, 5.74) is 7.35. The van der Waals surface area contributed by atoms with Gasteiger partial charge >= 0.3 is 0 Å². The van der Waals surface area contributed by atoms with Crippen LogP contribution in [0.1, 0.15) is 30.9 Å². The molecule has 1 aromatic rings. The van der Waals surface area contributed by atoms with E-state index in [0.717, 1.165) is 11.3 Å². The Bertz CT molecular complexity index is 312. The van der Waals surface area contributed by atoms with Crippen LogP contribution in [0.2, 0.25) is 0 Å². The fourth-order valence-electron chi connectivity index (χ4n) is 1.99. The van der Waals surface area contributed by atoms with Crippen molar-refractivity contribution in [1.82, 2.24) is 0 Å². The number of ether oxygens (including phenoxy) is 1. The molecule has 1 aromatic carbocycles. The van der Waals surface area contributed by atoms with Gasteiger partial charge in [-0.2, -0.15) is 0 Å². The zero-order chi connectivity index (χ0) is 9.97. The van der Waals surface area contributed by atoms with Crippen LogP contribution in [0.4, 0.5) is 0 Å². The van der Waals surface area contributed by atoms with Gasteiger partial charge in [0.25, 0.3) is 0 Å². The standard InChI is InChI=1S/C12H17NO.ClH/c1-14-11-8-3-2-7-10(11)12(13)9-5-4-6-9;/h2-3,7-9,12H,4-6,13H2,1H3;1H. The van der Waals surface area contributed by atoms with E-state index in [1.807, 2.05) is 18.2 Å². The number of nitrogens with two attached hydrogens (primary N) is 1. The molecule has 0 saturated heterocycles. The molecule has 2 rings (SSSR count). The Kier molecular flexibility index (Phi) is 4.43. The summed E-state index contributed by atoms with van der Waals surface area (Å²) in [6.45, 7) is 0. The second-order valence-electron chi connectivity index (χ2n) is 3.96. The lowest BCUT2D eigenvalue weighted by molar-refractivity contribution is 0.259. The van der Waals surface area contributed by atoms with E-state index < -0.39 is 0 Å². The van der Waals surface area contributed by atoms with Crippen molar-refractivity contribution in [2.75, 3.05) is 7.11 Å². The van der Waals surface area contributed by atoms with Gasteiger partial charge in [-0.25, -0.2) is 0 Å². The number of halogens is 1. The molecule has 0 aromatic heterocycles. The van der Waals surface area contributed by atoms with Crippen molar-refractivity contribution in [3.05, 3.63) is 29.8 Å². The van der Waals surface area contributed by atoms with Gasteiger partial charge in [-0.3, -0.25) is 0 Å². The molecule has 1 fully saturated rings. The zero-order valence-electron chi connectivity index (χ0n) is 8.98. The second kappa shape index (κ2) is 5.38. The van der Waals surface area contributed by atoms with Crippen LogP contribution in [-0.2, 0) is 0 Å². The van der Waals surface area contributed by atoms with Gasteiger partial charge in [0.2, 0.25) is 0 Å². The van der Waals surface area contributed by atoms with E-state index in [1.54, 1.807) is 7.11 Å². The summed E-state index contributed by atoms with van der Waals surface area (Å²) >= 11 is 0. The highest BCUT2D eigenvalue weighted by atomic mass is 35.5. The number of methoxy groups -OCH3 is 1. The molecule has 0 heterocycles. The number of hydrogen-bond acceptors (Lipinski definition) is 2. The SMILES string of the molecule is COc1ccccc1C(N)C1CCC1.Cl. The van der Waals surface area contributed by atoms with Gasteiger partial charge in [0.1, 0.15) is 5.75 Å². The first kappa shape index (κ1) is 12.3. The van der Waals surface area contributed by atoms with E-state index >= 15 is 0 Å². The molecule has 2 nitrogen and oxygen atoms in total. The molecule has 1 aliphatic rings. The molecule has 1 aliphatic carbocycles. The molecule has 0 spiro atoms. The molecule has 0 bridgehead atoms. The normalized spacial score (nSPS) is 17.5. The minimum absolute atomic E-state index is 0. The fourth-order valence-corrected chi connectivity index (χ4v) is 1.99. The van der Waals surface area contributed by atoms with Gasteiger partial charge in [-0.05, 0) is 24.8 Å². The Morgan fingerprint density at radius 3 is 2.53 bits per heavy atom. The quantitative estimate of drug-likeness (QED) is 0.862. The molecule has 1 atom stereocenters. The molecular formula is C12H18ClNO. The lowest BCUT2D eigenvalue weighted by Gasteiger charge is -2.32. The summed E-state index contributed by atoms with van der Waals surface area (Å²) in [5, 5.41) is 0. The Labute approximate surface area is 97.2 Å². The second-order valence-corrected chi connectivity index (χ2v) is 3.96. The summed E-state index contributed by atoms with van der Waals surface area (Å²) in [7, 11) is 1.70. The predicted molar refractivity (Wildman–Crippen MR) is 64.5 cm³/mol. The average Bonchev–Trinajstić information content (AvgIpc) is 2.15. The van der Waals surface area contributed by atoms with Gasteiger partial charge in [-0.15, -0.1) is 12.4 Å². The highest BCUT2D eigenvalue weighted by Gasteiger charge is 2.27. The van der Waals surface area contributed by atoms with E-state index in [9.17, 15) is 0 Å². The molecule has 1 unspecified atom stereocenters. The minimum Gasteiger partial charge on any atom is -0.496 e. The monoisotopic (exact) mass is 227 g/mol. The predicted octanol–water partition coefficient (Wildman–Crippen LogP) is 2.92. The van der Waals surface area contributed by atoms with Crippen molar-refractivity contribution in [2.45, 2.75) is 25.3 Å².